The van der Waals surface area contributed by atoms with E-state index >= 15 is 0 Å². The second-order valence-electron chi connectivity index (χ2n) is 2.03. The lowest BCUT2D eigenvalue weighted by Crippen LogP contribution is -2.42. The third kappa shape index (κ3) is 3.54. The lowest BCUT2D eigenvalue weighted by molar-refractivity contribution is -0.144. The molecule has 6 heteroatoms. The van der Waals surface area contributed by atoms with Crippen LogP contribution in [0.3, 0.4) is 0 Å². The first-order chi connectivity index (χ1) is 4.95. The summed E-state index contributed by atoms with van der Waals surface area (Å²) in [5, 5.41) is 25.1. The van der Waals surface area contributed by atoms with Gasteiger partial charge in [-0.25, -0.2) is 0 Å². The summed E-state index contributed by atoms with van der Waals surface area (Å²) in [6.45, 7) is 0. The molecule has 0 aromatic carbocycles. The Balaban J connectivity index is 3.92. The molecule has 0 radical (unpaired) electrons. The molecule has 0 aliphatic rings. The van der Waals surface area contributed by atoms with Gasteiger partial charge in [-0.3, -0.25) is 9.59 Å². The van der Waals surface area contributed by atoms with Gasteiger partial charge in [0.05, 0.1) is 12.5 Å². The minimum Gasteiger partial charge on any atom is -0.481 e. The Morgan fingerprint density at radius 3 is 2.09 bits per heavy atom. The van der Waals surface area contributed by atoms with Gasteiger partial charge < -0.3 is 21.1 Å². The van der Waals surface area contributed by atoms with E-state index in [0.29, 0.717) is 0 Å². The quantitative estimate of drug-likeness (QED) is 0.389. The average molecular weight is 163 g/mol. The fraction of sp³-hybridized carbons (Fsp3) is 0.600. The summed E-state index contributed by atoms with van der Waals surface area (Å²) in [7, 11) is 0. The summed E-state index contributed by atoms with van der Waals surface area (Å²) in [4.78, 5) is 20.0. The van der Waals surface area contributed by atoms with E-state index in [1.54, 1.807) is 0 Å². The molecule has 0 saturated carbocycles. The number of aliphatic hydroxyl groups excluding tert-OH is 1. The molecule has 2 atom stereocenters. The van der Waals surface area contributed by atoms with Crippen molar-refractivity contribution in [2.24, 2.45) is 5.73 Å². The molecule has 0 aliphatic heterocycles. The minimum atomic E-state index is -1.54. The van der Waals surface area contributed by atoms with E-state index in [1.807, 2.05) is 0 Å². The number of hydrogen-bond donors (Lipinski definition) is 4. The number of hydrogen-bond acceptors (Lipinski definition) is 4. The number of nitrogens with two attached hydrogens (primary N) is 1. The predicted molar refractivity (Wildman–Crippen MR) is 33.9 cm³/mol. The van der Waals surface area contributed by atoms with Gasteiger partial charge in [0.25, 0.3) is 0 Å². The van der Waals surface area contributed by atoms with Crippen LogP contribution in [0.2, 0.25) is 0 Å². The highest BCUT2D eigenvalue weighted by Crippen LogP contribution is 1.96. The predicted octanol–water partition coefficient (Wildman–Crippen LogP) is -1.77. The molecule has 0 bridgehead atoms. The summed E-state index contributed by atoms with van der Waals surface area (Å²) < 4.78 is 0. The van der Waals surface area contributed by atoms with E-state index in [0.717, 1.165) is 0 Å². The van der Waals surface area contributed by atoms with Crippen LogP contribution in [0.15, 0.2) is 0 Å². The topological polar surface area (TPSA) is 121 Å². The number of rotatable bonds is 4. The summed E-state index contributed by atoms with van der Waals surface area (Å²) >= 11 is 0. The number of aliphatic hydroxyl groups is 1. The number of carbonyl (C=O) groups is 2. The van der Waals surface area contributed by atoms with Crippen LogP contribution in [0.5, 0.6) is 0 Å². The summed E-state index contributed by atoms with van der Waals surface area (Å²) in [6, 6.07) is -1.54. The maximum absolute atomic E-state index is 10.0. The van der Waals surface area contributed by atoms with Gasteiger partial charge in [-0.1, -0.05) is 0 Å². The molecule has 0 spiro atoms. The van der Waals surface area contributed by atoms with Crippen LogP contribution in [0.1, 0.15) is 6.42 Å². The van der Waals surface area contributed by atoms with Crippen LogP contribution >= 0.6 is 0 Å². The van der Waals surface area contributed by atoms with Crippen molar-refractivity contribution in [2.45, 2.75) is 18.6 Å². The smallest absolute Gasteiger partial charge is 0.323 e. The van der Waals surface area contributed by atoms with Crippen LogP contribution in [-0.4, -0.2) is 39.4 Å². The maximum atomic E-state index is 10.0. The van der Waals surface area contributed by atoms with Gasteiger partial charge in [-0.2, -0.15) is 0 Å². The summed E-state index contributed by atoms with van der Waals surface area (Å²) in [5.74, 6) is -2.70. The summed E-state index contributed by atoms with van der Waals surface area (Å²) in [5.41, 5.74) is 4.90. The second-order valence-corrected chi connectivity index (χ2v) is 2.03. The van der Waals surface area contributed by atoms with E-state index < -0.39 is 30.5 Å². The Morgan fingerprint density at radius 2 is 1.82 bits per heavy atom. The lowest BCUT2D eigenvalue weighted by Gasteiger charge is -2.11. The van der Waals surface area contributed by atoms with Gasteiger partial charge in [0, 0.05) is 0 Å². The van der Waals surface area contributed by atoms with Gasteiger partial charge in [0.15, 0.2) is 0 Å². The molecular formula is C5H9NO5. The van der Waals surface area contributed by atoms with Crippen molar-refractivity contribution in [3.8, 4) is 0 Å². The second kappa shape index (κ2) is 3.89. The third-order valence-corrected chi connectivity index (χ3v) is 1.08. The minimum absolute atomic E-state index is 0.659. The largest absolute Gasteiger partial charge is 0.481 e. The Labute approximate surface area is 62.2 Å². The fourth-order valence-corrected chi connectivity index (χ4v) is 0.470. The zero-order chi connectivity index (χ0) is 9.02. The Hall–Kier alpha value is -1.14. The van der Waals surface area contributed by atoms with E-state index in [-0.39, 0.29) is 0 Å². The lowest BCUT2D eigenvalue weighted by atomic mass is 10.1. The number of carboxylic acid groups (broad SMARTS) is 2. The molecule has 1 unspecified atom stereocenters. The molecule has 0 saturated heterocycles. The molecule has 0 fully saturated rings. The van der Waals surface area contributed by atoms with E-state index in [1.165, 1.54) is 0 Å². The number of carboxylic acids is 2. The molecule has 0 heterocycles. The normalized spacial score (nSPS) is 15.5. The fourth-order valence-electron chi connectivity index (χ4n) is 0.470. The molecule has 0 rings (SSSR count). The van der Waals surface area contributed by atoms with Crippen LogP contribution in [-0.2, 0) is 9.59 Å². The summed E-state index contributed by atoms with van der Waals surface area (Å²) in [6.07, 6.45) is -2.20. The first-order valence-electron chi connectivity index (χ1n) is 2.83. The van der Waals surface area contributed by atoms with Gasteiger partial charge in [-0.15, -0.1) is 0 Å². The molecule has 64 valence electrons. The third-order valence-electron chi connectivity index (χ3n) is 1.08. The highest BCUT2D eigenvalue weighted by molar-refractivity contribution is 5.76. The molecule has 0 aromatic rings. The molecule has 0 amide bonds. The van der Waals surface area contributed by atoms with E-state index in [9.17, 15) is 9.59 Å². The Kier molecular flexibility index (Phi) is 3.49. The maximum Gasteiger partial charge on any atom is 0.323 e. The van der Waals surface area contributed by atoms with E-state index in [4.69, 9.17) is 21.1 Å². The monoisotopic (exact) mass is 163 g/mol. The van der Waals surface area contributed by atoms with Crippen LogP contribution < -0.4 is 5.73 Å². The Bertz CT molecular complexity index is 168. The van der Waals surface area contributed by atoms with Gasteiger partial charge in [0.1, 0.15) is 6.04 Å². The van der Waals surface area contributed by atoms with Crippen molar-refractivity contribution in [1.29, 1.82) is 0 Å². The Morgan fingerprint density at radius 1 is 1.36 bits per heavy atom. The molecular weight excluding hydrogens is 154 g/mol. The van der Waals surface area contributed by atoms with Crippen molar-refractivity contribution in [1.82, 2.24) is 0 Å². The standard InChI is InChI=1S/C5H9NO5/c6-4(5(10)11)2(7)1-3(8)9/h2,4,7H,1,6H2,(H,8,9)(H,10,11)/t2?,4-/m1/s1. The zero-order valence-electron chi connectivity index (χ0n) is 5.60. The molecule has 11 heavy (non-hydrogen) atoms. The van der Waals surface area contributed by atoms with Crippen molar-refractivity contribution in [3.63, 3.8) is 0 Å². The molecule has 0 aromatic heterocycles. The molecule has 0 aliphatic carbocycles. The van der Waals surface area contributed by atoms with Crippen LogP contribution in [0.25, 0.3) is 0 Å². The van der Waals surface area contributed by atoms with Crippen molar-refractivity contribution in [2.75, 3.05) is 0 Å². The SMILES string of the molecule is N[C@@H](C(=O)O)C(O)CC(=O)O. The highest BCUT2D eigenvalue weighted by Gasteiger charge is 2.23. The average Bonchev–Trinajstić information content (AvgIpc) is 1.84. The number of aliphatic carboxylic acids is 2. The van der Waals surface area contributed by atoms with Gasteiger partial charge in [0.2, 0.25) is 0 Å². The highest BCUT2D eigenvalue weighted by atomic mass is 16.4. The molecule has 6 nitrogen and oxygen atoms in total. The van der Waals surface area contributed by atoms with Crippen molar-refractivity contribution < 1.29 is 24.9 Å². The molecule has 5 N–H and O–H groups in total. The van der Waals surface area contributed by atoms with E-state index in [2.05, 4.69) is 0 Å². The van der Waals surface area contributed by atoms with Crippen molar-refractivity contribution in [3.05, 3.63) is 0 Å². The van der Waals surface area contributed by atoms with Crippen molar-refractivity contribution >= 4 is 11.9 Å². The first-order valence-corrected chi connectivity index (χ1v) is 2.83. The first kappa shape index (κ1) is 9.86. The van der Waals surface area contributed by atoms with Gasteiger partial charge in [-0.05, 0) is 0 Å². The van der Waals surface area contributed by atoms with Crippen LogP contribution in [0.4, 0.5) is 0 Å². The zero-order valence-corrected chi connectivity index (χ0v) is 5.60. The van der Waals surface area contributed by atoms with Gasteiger partial charge >= 0.3 is 11.9 Å². The van der Waals surface area contributed by atoms with Crippen LogP contribution in [0, 0.1) is 0 Å².